The summed E-state index contributed by atoms with van der Waals surface area (Å²) in [7, 11) is 1.87. The van der Waals surface area contributed by atoms with Crippen molar-refractivity contribution in [1.82, 2.24) is 19.6 Å². The molecule has 4 rings (SSSR count). The molecule has 2 aromatic rings. The fraction of sp³-hybridized carbons (Fsp3) is 0.556. The molecule has 2 aliphatic rings. The number of carbonyl (C=O) groups excluding carboxylic acids is 2. The van der Waals surface area contributed by atoms with Gasteiger partial charge in [-0.25, -0.2) is 4.39 Å². The minimum atomic E-state index is -4.96. The fourth-order valence-electron chi connectivity index (χ4n) is 5.65. The number of benzene rings is 1. The van der Waals surface area contributed by atoms with Crippen molar-refractivity contribution in [3.05, 3.63) is 51.0 Å². The average molecular weight is 621 g/mol. The lowest BCUT2D eigenvalue weighted by atomic mass is 9.74. The van der Waals surface area contributed by atoms with Crippen LogP contribution in [0, 0.1) is 11.2 Å². The topological polar surface area (TPSA) is 95.7 Å². The third kappa shape index (κ3) is 6.54. The second kappa shape index (κ2) is 11.9. The Balaban J connectivity index is 1.69. The lowest BCUT2D eigenvalue weighted by molar-refractivity contribution is -0.152. The molecule has 1 aromatic carbocycles. The molecular weight excluding hydrogens is 591 g/mol. The number of amides is 1. The summed E-state index contributed by atoms with van der Waals surface area (Å²) in [6, 6.07) is 0.480. The summed E-state index contributed by atoms with van der Waals surface area (Å²) in [5.74, 6) is -3.54. The van der Waals surface area contributed by atoms with Crippen molar-refractivity contribution in [3.63, 3.8) is 0 Å². The number of aromatic nitrogens is 2. The Kier molecular flexibility index (Phi) is 9.06. The van der Waals surface area contributed by atoms with Crippen molar-refractivity contribution in [1.29, 1.82) is 0 Å². The van der Waals surface area contributed by atoms with Crippen LogP contribution in [0.3, 0.4) is 0 Å². The number of likely N-dealkylation sites (tertiary alicyclic amines) is 1. The maximum atomic E-state index is 14.5. The van der Waals surface area contributed by atoms with E-state index in [9.17, 15) is 37.1 Å². The van der Waals surface area contributed by atoms with Crippen molar-refractivity contribution in [2.45, 2.75) is 63.7 Å². The van der Waals surface area contributed by atoms with Crippen molar-refractivity contribution < 1.29 is 37.1 Å². The average Bonchev–Trinajstić information content (AvgIpc) is 3.33. The highest BCUT2D eigenvalue weighted by atomic mass is 35.5. The van der Waals surface area contributed by atoms with Gasteiger partial charge in [0.1, 0.15) is 5.82 Å². The van der Waals surface area contributed by atoms with Crippen molar-refractivity contribution in [2.24, 2.45) is 5.41 Å². The molecule has 0 unspecified atom stereocenters. The summed E-state index contributed by atoms with van der Waals surface area (Å²) in [5.41, 5.74) is -3.22. The molecular formula is C27H30Cl2F4N4O4. The fourth-order valence-corrected chi connectivity index (χ4v) is 6.32. The number of nitrogens with zero attached hydrogens (tertiary/aromatic N) is 4. The van der Waals surface area contributed by atoms with Crippen LogP contribution < -0.4 is 0 Å². The Hall–Kier alpha value is -2.70. The van der Waals surface area contributed by atoms with Crippen LogP contribution >= 0.6 is 23.2 Å². The molecule has 1 aliphatic heterocycles. The van der Waals surface area contributed by atoms with Gasteiger partial charge in [0, 0.05) is 6.04 Å². The third-order valence-corrected chi connectivity index (χ3v) is 8.80. The second-order valence-electron chi connectivity index (χ2n) is 11.1. The van der Waals surface area contributed by atoms with E-state index in [-0.39, 0.29) is 41.3 Å². The zero-order valence-electron chi connectivity index (χ0n) is 22.5. The van der Waals surface area contributed by atoms with E-state index in [1.807, 2.05) is 11.9 Å². The van der Waals surface area contributed by atoms with Crippen LogP contribution in [0.1, 0.15) is 77.9 Å². The van der Waals surface area contributed by atoms with E-state index in [2.05, 4.69) is 5.10 Å². The molecule has 1 aliphatic carbocycles. The van der Waals surface area contributed by atoms with Gasteiger partial charge in [0.2, 0.25) is 0 Å². The first-order chi connectivity index (χ1) is 19.1. The lowest BCUT2D eigenvalue weighted by Gasteiger charge is -2.37. The van der Waals surface area contributed by atoms with Crippen LogP contribution in [0.5, 0.6) is 0 Å². The van der Waals surface area contributed by atoms with Crippen LogP contribution in [0.25, 0.3) is 0 Å². The van der Waals surface area contributed by atoms with Gasteiger partial charge in [-0.15, -0.1) is 0 Å². The molecule has 14 heteroatoms. The van der Waals surface area contributed by atoms with Gasteiger partial charge < -0.3 is 14.9 Å². The number of hydrogen-bond acceptors (Lipinski definition) is 5. The number of carboxylic acid groups (broad SMARTS) is 1. The van der Waals surface area contributed by atoms with Gasteiger partial charge in [-0.2, -0.15) is 18.3 Å². The first-order valence-electron chi connectivity index (χ1n) is 13.2. The monoisotopic (exact) mass is 620 g/mol. The predicted octanol–water partition coefficient (Wildman–Crippen LogP) is 5.97. The quantitative estimate of drug-likeness (QED) is 0.302. The van der Waals surface area contributed by atoms with Crippen molar-refractivity contribution in [2.75, 3.05) is 26.7 Å². The van der Waals surface area contributed by atoms with Crippen LogP contribution in [0.15, 0.2) is 18.3 Å². The molecule has 41 heavy (non-hydrogen) atoms. The minimum absolute atomic E-state index is 0.139. The Morgan fingerprint density at radius 3 is 2.17 bits per heavy atom. The normalized spacial score (nSPS) is 22.5. The highest BCUT2D eigenvalue weighted by Crippen LogP contribution is 2.43. The van der Waals surface area contributed by atoms with E-state index < -0.39 is 65.0 Å². The van der Waals surface area contributed by atoms with Gasteiger partial charge in [0.15, 0.2) is 11.5 Å². The number of halogens is 6. The molecule has 2 heterocycles. The molecule has 1 saturated heterocycles. The maximum Gasteiger partial charge on any atom is 0.433 e. The van der Waals surface area contributed by atoms with Crippen molar-refractivity contribution >= 4 is 40.9 Å². The molecule has 1 N–H and O–H groups in total. The van der Waals surface area contributed by atoms with E-state index in [1.54, 1.807) is 6.92 Å². The van der Waals surface area contributed by atoms with E-state index >= 15 is 0 Å². The standard InChI is InChI=1S/C27H30Cl2F4N4O4/c1-26(25(40)41)7-3-17(4-8-26)37-23(27(31,32)33)18(13-34-37)24(39)36(16-5-9-35(2)10-6-16)14-21(38)22-19(28)11-15(30)12-20(22)29/h11-13,16-17H,3-10,14H2,1-2H3,(H,40,41). The zero-order chi connectivity index (χ0) is 30.3. The summed E-state index contributed by atoms with van der Waals surface area (Å²) < 4.78 is 58.0. The van der Waals surface area contributed by atoms with Crippen LogP contribution in [0.2, 0.25) is 10.0 Å². The highest BCUT2D eigenvalue weighted by Gasteiger charge is 2.45. The van der Waals surface area contributed by atoms with E-state index in [1.165, 1.54) is 0 Å². The molecule has 2 fully saturated rings. The number of Topliss-reactive ketones (excluding diaryl/α,β-unsaturated/α-hetero) is 1. The summed E-state index contributed by atoms with van der Waals surface area (Å²) in [6.45, 7) is 2.04. The highest BCUT2D eigenvalue weighted by molar-refractivity contribution is 6.40. The number of aliphatic carboxylic acids is 1. The second-order valence-corrected chi connectivity index (χ2v) is 11.9. The van der Waals surface area contributed by atoms with Crippen LogP contribution in [-0.2, 0) is 11.0 Å². The van der Waals surface area contributed by atoms with Gasteiger partial charge in [-0.05, 0) is 77.7 Å². The first kappa shape index (κ1) is 31.2. The molecule has 0 bridgehead atoms. The summed E-state index contributed by atoms with van der Waals surface area (Å²) in [6.07, 6.45) is -2.69. The molecule has 0 atom stereocenters. The molecule has 224 valence electrons. The lowest BCUT2D eigenvalue weighted by Crippen LogP contribution is -2.49. The predicted molar refractivity (Wildman–Crippen MR) is 143 cm³/mol. The smallest absolute Gasteiger partial charge is 0.433 e. The number of rotatable bonds is 7. The largest absolute Gasteiger partial charge is 0.481 e. The SMILES string of the molecule is CN1CCC(N(CC(=O)c2c(Cl)cc(F)cc2Cl)C(=O)c2cnn(C3CCC(C)(C(=O)O)CC3)c2C(F)(F)F)CC1. The summed E-state index contributed by atoms with van der Waals surface area (Å²) in [5, 5.41) is 12.9. The summed E-state index contributed by atoms with van der Waals surface area (Å²) >= 11 is 12.1. The maximum absolute atomic E-state index is 14.5. The van der Waals surface area contributed by atoms with Gasteiger partial charge in [-0.1, -0.05) is 23.2 Å². The summed E-state index contributed by atoms with van der Waals surface area (Å²) in [4.78, 5) is 41.9. The molecule has 8 nitrogen and oxygen atoms in total. The van der Waals surface area contributed by atoms with E-state index in [0.717, 1.165) is 27.9 Å². The van der Waals surface area contributed by atoms with E-state index in [4.69, 9.17) is 23.2 Å². The number of carbonyl (C=O) groups is 3. The third-order valence-electron chi connectivity index (χ3n) is 8.20. The molecule has 1 saturated carbocycles. The zero-order valence-corrected chi connectivity index (χ0v) is 24.0. The van der Waals surface area contributed by atoms with E-state index in [0.29, 0.717) is 25.9 Å². The Labute approximate surface area is 244 Å². The van der Waals surface area contributed by atoms with Crippen LogP contribution in [0.4, 0.5) is 17.6 Å². The molecule has 0 spiro atoms. The van der Waals surface area contributed by atoms with Crippen LogP contribution in [-0.4, -0.2) is 75.1 Å². The Bertz CT molecular complexity index is 1310. The Morgan fingerprint density at radius 1 is 1.10 bits per heavy atom. The number of alkyl halides is 3. The number of piperidine rings is 1. The molecule has 1 amide bonds. The van der Waals surface area contributed by atoms with Gasteiger partial charge in [0.25, 0.3) is 5.91 Å². The van der Waals surface area contributed by atoms with Gasteiger partial charge >= 0.3 is 12.1 Å². The molecule has 1 aromatic heterocycles. The minimum Gasteiger partial charge on any atom is -0.481 e. The Morgan fingerprint density at radius 2 is 1.66 bits per heavy atom. The number of ketones is 1. The van der Waals surface area contributed by atoms with Gasteiger partial charge in [0.05, 0.1) is 45.4 Å². The first-order valence-corrected chi connectivity index (χ1v) is 13.9. The van der Waals surface area contributed by atoms with Crippen molar-refractivity contribution in [3.8, 4) is 0 Å². The van der Waals surface area contributed by atoms with Gasteiger partial charge in [-0.3, -0.25) is 19.1 Å². The molecule has 0 radical (unpaired) electrons. The number of carboxylic acids is 1. The number of hydrogen-bond donors (Lipinski definition) is 1.